The molecule has 12 heteroatoms. The number of alkyl halides is 3. The van der Waals surface area contributed by atoms with Gasteiger partial charge in [-0.1, -0.05) is 115 Å². The van der Waals surface area contributed by atoms with Crippen molar-refractivity contribution in [3.8, 4) is 0 Å². The van der Waals surface area contributed by atoms with Crippen molar-refractivity contribution in [3.05, 3.63) is 71.8 Å². The zero-order valence-electron chi connectivity index (χ0n) is 22.8. The van der Waals surface area contributed by atoms with Crippen LogP contribution >= 0.6 is 34.8 Å². The second kappa shape index (κ2) is 15.7. The maximum absolute atomic E-state index is 12.1. The molecule has 2 aromatic carbocycles. The number of hydrogen-bond donors (Lipinski definition) is 1. The van der Waals surface area contributed by atoms with Crippen LogP contribution in [-0.2, 0) is 41.6 Å². The standard InChI is InChI=1S/C28H37Cl3O8Si/c1-40(2,3)15-14-34-26-25(36-17-21-12-8-5-9-13-21)24(35-16-20-10-6-4-7-11-20)23(32)22(39-26)18-37-27(33)38-19-28(29,30)31/h4-13,22-26,32H,14-19H2,1-3H3/t22-,23-,24+,25-,26-/m1/s1. The summed E-state index contributed by atoms with van der Waals surface area (Å²) in [7, 11) is -1.42. The van der Waals surface area contributed by atoms with E-state index in [1.807, 2.05) is 60.7 Å². The number of carbonyl (C=O) groups is 1. The van der Waals surface area contributed by atoms with Crippen LogP contribution in [0.4, 0.5) is 4.79 Å². The molecule has 40 heavy (non-hydrogen) atoms. The predicted molar refractivity (Wildman–Crippen MR) is 156 cm³/mol. The van der Waals surface area contributed by atoms with Crippen molar-refractivity contribution in [2.45, 2.75) is 73.4 Å². The van der Waals surface area contributed by atoms with Crippen molar-refractivity contribution in [1.29, 1.82) is 0 Å². The van der Waals surface area contributed by atoms with Gasteiger partial charge in [0, 0.05) is 14.7 Å². The number of benzene rings is 2. The third-order valence-electron chi connectivity index (χ3n) is 6.04. The highest BCUT2D eigenvalue weighted by Gasteiger charge is 2.48. The minimum atomic E-state index is -1.78. The maximum atomic E-state index is 12.1. The van der Waals surface area contributed by atoms with Gasteiger partial charge in [0.25, 0.3) is 0 Å². The molecule has 2 aromatic rings. The Morgan fingerprint density at radius 1 is 0.875 bits per heavy atom. The molecule has 0 bridgehead atoms. The normalized spacial score (nSPS) is 23.5. The molecule has 1 heterocycles. The molecule has 0 unspecified atom stereocenters. The summed E-state index contributed by atoms with van der Waals surface area (Å²) in [5, 5.41) is 11.3. The lowest BCUT2D eigenvalue weighted by molar-refractivity contribution is -0.318. The molecule has 0 aromatic heterocycles. The molecule has 1 N–H and O–H groups in total. The van der Waals surface area contributed by atoms with E-state index in [0.29, 0.717) is 6.61 Å². The van der Waals surface area contributed by atoms with E-state index >= 15 is 0 Å². The first kappa shape index (κ1) is 33.1. The second-order valence-corrected chi connectivity index (χ2v) is 18.8. The SMILES string of the molecule is C[Si](C)(C)CCO[C@@H]1O[C@H](COC(=O)OCC(Cl)(Cl)Cl)[C@@H](O)[C@H](OCc2ccccc2)[C@H]1OCc1ccccc1. The van der Waals surface area contributed by atoms with E-state index in [-0.39, 0.29) is 19.8 Å². The Morgan fingerprint density at radius 2 is 1.43 bits per heavy atom. The van der Waals surface area contributed by atoms with Crippen molar-refractivity contribution in [1.82, 2.24) is 0 Å². The molecule has 1 saturated heterocycles. The summed E-state index contributed by atoms with van der Waals surface area (Å²) >= 11 is 16.9. The molecule has 1 aliphatic rings. The number of carbonyl (C=O) groups excluding carboxylic acids is 1. The third kappa shape index (κ3) is 11.8. The smallest absolute Gasteiger partial charge is 0.431 e. The molecule has 0 saturated carbocycles. The van der Waals surface area contributed by atoms with Crippen LogP contribution in [-0.4, -0.2) is 73.7 Å². The Morgan fingerprint density at radius 3 is 1.95 bits per heavy atom. The van der Waals surface area contributed by atoms with Gasteiger partial charge in [-0.05, 0) is 17.2 Å². The average Bonchev–Trinajstić information content (AvgIpc) is 2.90. The van der Waals surface area contributed by atoms with Gasteiger partial charge in [0.15, 0.2) is 6.29 Å². The molecule has 1 aliphatic heterocycles. The molecule has 1 fully saturated rings. The van der Waals surface area contributed by atoms with Gasteiger partial charge in [-0.25, -0.2) is 4.79 Å². The highest BCUT2D eigenvalue weighted by molar-refractivity contribution is 6.76. The zero-order chi connectivity index (χ0) is 29.2. The molecule has 0 amide bonds. The molecule has 3 rings (SSSR count). The average molecular weight is 636 g/mol. The quantitative estimate of drug-likeness (QED) is 0.160. The van der Waals surface area contributed by atoms with E-state index in [2.05, 4.69) is 19.6 Å². The first-order valence-electron chi connectivity index (χ1n) is 13.0. The molecular formula is C28H37Cl3O8Si. The second-order valence-electron chi connectivity index (χ2n) is 10.7. The van der Waals surface area contributed by atoms with Gasteiger partial charge in [0.2, 0.25) is 3.79 Å². The van der Waals surface area contributed by atoms with Crippen LogP contribution in [0.5, 0.6) is 0 Å². The predicted octanol–water partition coefficient (Wildman–Crippen LogP) is 6.12. The first-order chi connectivity index (χ1) is 18.9. The van der Waals surface area contributed by atoms with E-state index in [1.54, 1.807) is 0 Å². The lowest BCUT2D eigenvalue weighted by atomic mass is 9.98. The fourth-order valence-electron chi connectivity index (χ4n) is 3.88. The number of aliphatic hydroxyl groups is 1. The summed E-state index contributed by atoms with van der Waals surface area (Å²) in [6.07, 6.45) is -5.80. The fourth-order valence-corrected chi connectivity index (χ4v) is 4.77. The summed E-state index contributed by atoms with van der Waals surface area (Å²) in [4.78, 5) is 12.1. The van der Waals surface area contributed by atoms with Crippen LogP contribution in [0.2, 0.25) is 25.7 Å². The van der Waals surface area contributed by atoms with Crippen molar-refractivity contribution >= 4 is 49.0 Å². The number of rotatable bonds is 13. The van der Waals surface area contributed by atoms with Gasteiger partial charge in [-0.3, -0.25) is 0 Å². The number of hydrogen-bond acceptors (Lipinski definition) is 8. The van der Waals surface area contributed by atoms with E-state index in [0.717, 1.165) is 17.2 Å². The summed E-state index contributed by atoms with van der Waals surface area (Å²) in [6.45, 7) is 6.81. The van der Waals surface area contributed by atoms with E-state index < -0.39 is 55.3 Å². The lowest BCUT2D eigenvalue weighted by Crippen LogP contribution is -2.61. The minimum Gasteiger partial charge on any atom is -0.431 e. The van der Waals surface area contributed by atoms with Crippen LogP contribution in [0, 0.1) is 0 Å². The summed E-state index contributed by atoms with van der Waals surface area (Å²) in [5.41, 5.74) is 1.86. The lowest BCUT2D eigenvalue weighted by Gasteiger charge is -2.44. The van der Waals surface area contributed by atoms with Gasteiger partial charge in [0.1, 0.15) is 37.6 Å². The monoisotopic (exact) mass is 634 g/mol. The van der Waals surface area contributed by atoms with Crippen molar-refractivity contribution in [2.75, 3.05) is 19.8 Å². The van der Waals surface area contributed by atoms with E-state index in [4.69, 9.17) is 63.2 Å². The Balaban J connectivity index is 1.77. The molecule has 0 radical (unpaired) electrons. The van der Waals surface area contributed by atoms with Gasteiger partial charge >= 0.3 is 6.16 Å². The summed E-state index contributed by atoms with van der Waals surface area (Å²) < 4.78 is 33.0. The molecule has 222 valence electrons. The first-order valence-corrected chi connectivity index (χ1v) is 17.9. The fraction of sp³-hybridized carbons (Fsp3) is 0.536. The van der Waals surface area contributed by atoms with Gasteiger partial charge in [-0.2, -0.15) is 0 Å². The molecule has 0 spiro atoms. The minimum absolute atomic E-state index is 0.217. The van der Waals surface area contributed by atoms with Gasteiger partial charge in [-0.15, -0.1) is 0 Å². The highest BCUT2D eigenvalue weighted by Crippen LogP contribution is 2.30. The number of aliphatic hydroxyl groups excluding tert-OH is 1. The largest absolute Gasteiger partial charge is 0.508 e. The number of halogens is 3. The molecule has 5 atom stereocenters. The maximum Gasteiger partial charge on any atom is 0.508 e. The summed E-state index contributed by atoms with van der Waals surface area (Å²) in [6, 6.07) is 20.1. The van der Waals surface area contributed by atoms with E-state index in [9.17, 15) is 9.90 Å². The molecule has 8 nitrogen and oxygen atoms in total. The van der Waals surface area contributed by atoms with Gasteiger partial charge < -0.3 is 33.5 Å². The van der Waals surface area contributed by atoms with E-state index in [1.165, 1.54) is 0 Å². The molecule has 0 aliphatic carbocycles. The Hall–Kier alpha value is -1.40. The van der Waals surface area contributed by atoms with Crippen molar-refractivity contribution < 1.29 is 38.3 Å². The Labute approximate surface area is 251 Å². The van der Waals surface area contributed by atoms with Crippen LogP contribution in [0.1, 0.15) is 11.1 Å². The van der Waals surface area contributed by atoms with Crippen molar-refractivity contribution in [2.24, 2.45) is 0 Å². The third-order valence-corrected chi connectivity index (χ3v) is 8.07. The number of ether oxygens (including phenoxy) is 6. The van der Waals surface area contributed by atoms with Crippen LogP contribution in [0.15, 0.2) is 60.7 Å². The van der Waals surface area contributed by atoms with Crippen LogP contribution < -0.4 is 0 Å². The highest BCUT2D eigenvalue weighted by atomic mass is 35.6. The summed E-state index contributed by atoms with van der Waals surface area (Å²) in [5.74, 6) is 0. The Bertz CT molecular complexity index is 1020. The topological polar surface area (TPSA) is 92.7 Å². The van der Waals surface area contributed by atoms with Crippen LogP contribution in [0.3, 0.4) is 0 Å². The van der Waals surface area contributed by atoms with Crippen LogP contribution in [0.25, 0.3) is 0 Å². The van der Waals surface area contributed by atoms with Crippen molar-refractivity contribution in [3.63, 3.8) is 0 Å². The zero-order valence-corrected chi connectivity index (χ0v) is 26.1. The van der Waals surface area contributed by atoms with Gasteiger partial charge in [0.05, 0.1) is 13.2 Å². The molecular weight excluding hydrogens is 599 g/mol. The Kier molecular flexibility index (Phi) is 13.0.